The van der Waals surface area contributed by atoms with E-state index in [2.05, 4.69) is 30.9 Å². The number of benzene rings is 1. The van der Waals surface area contributed by atoms with Gasteiger partial charge in [0.1, 0.15) is 12.2 Å². The summed E-state index contributed by atoms with van der Waals surface area (Å²) in [7, 11) is 1.79. The van der Waals surface area contributed by atoms with Crippen molar-refractivity contribution in [2.75, 3.05) is 5.32 Å². The quantitative estimate of drug-likeness (QED) is 0.737. The van der Waals surface area contributed by atoms with Gasteiger partial charge >= 0.3 is 6.03 Å². The first kappa shape index (κ1) is 16.6. The van der Waals surface area contributed by atoms with E-state index in [1.165, 1.54) is 12.7 Å². The molecule has 9 nitrogen and oxygen atoms in total. The SMILES string of the molecule is CC(C)[C@H](NC(=O)Nc1ccccc1-c1nnco1)c1ncnn1C. The predicted octanol–water partition coefficient (Wildman–Crippen LogP) is 2.38. The largest absolute Gasteiger partial charge is 0.423 e. The van der Waals surface area contributed by atoms with Crippen LogP contribution in [0, 0.1) is 5.92 Å². The van der Waals surface area contributed by atoms with E-state index in [0.29, 0.717) is 23.0 Å². The summed E-state index contributed by atoms with van der Waals surface area (Å²) in [5, 5.41) is 17.4. The van der Waals surface area contributed by atoms with E-state index in [1.54, 1.807) is 23.9 Å². The second-order valence-corrected chi connectivity index (χ2v) is 5.85. The van der Waals surface area contributed by atoms with E-state index in [-0.39, 0.29) is 18.0 Å². The van der Waals surface area contributed by atoms with Gasteiger partial charge in [-0.3, -0.25) is 4.68 Å². The first-order valence-electron chi connectivity index (χ1n) is 7.83. The predicted molar refractivity (Wildman–Crippen MR) is 90.5 cm³/mol. The van der Waals surface area contributed by atoms with Crippen molar-refractivity contribution in [1.82, 2.24) is 30.3 Å². The zero-order chi connectivity index (χ0) is 17.8. The van der Waals surface area contributed by atoms with Crippen LogP contribution in [0.2, 0.25) is 0 Å². The standard InChI is InChI=1S/C16H19N7O2/c1-10(2)13(14-17-8-19-23(14)3)21-16(24)20-12-7-5-4-6-11(12)15-22-18-9-25-15/h4-10,13H,1-3H3,(H2,20,21,24)/t13-/m0/s1. The Kier molecular flexibility index (Phi) is 4.73. The molecule has 2 heterocycles. The Morgan fingerprint density at radius 1 is 1.28 bits per heavy atom. The lowest BCUT2D eigenvalue weighted by Gasteiger charge is -2.22. The van der Waals surface area contributed by atoms with Gasteiger partial charge in [0.25, 0.3) is 0 Å². The Labute approximate surface area is 144 Å². The van der Waals surface area contributed by atoms with Crippen molar-refractivity contribution in [2.45, 2.75) is 19.9 Å². The number of aryl methyl sites for hydroxylation is 1. The Morgan fingerprint density at radius 2 is 2.08 bits per heavy atom. The molecule has 1 atom stereocenters. The minimum Gasteiger partial charge on any atom is -0.423 e. The summed E-state index contributed by atoms with van der Waals surface area (Å²) in [4.78, 5) is 16.7. The number of carbonyl (C=O) groups is 1. The van der Waals surface area contributed by atoms with Gasteiger partial charge in [-0.1, -0.05) is 26.0 Å². The first-order chi connectivity index (χ1) is 12.1. The van der Waals surface area contributed by atoms with Gasteiger partial charge in [-0.05, 0) is 18.1 Å². The highest BCUT2D eigenvalue weighted by Gasteiger charge is 2.23. The lowest BCUT2D eigenvalue weighted by Crippen LogP contribution is -2.36. The average molecular weight is 341 g/mol. The molecule has 0 radical (unpaired) electrons. The van der Waals surface area contributed by atoms with Crippen LogP contribution in [0.15, 0.2) is 41.4 Å². The topological polar surface area (TPSA) is 111 Å². The van der Waals surface area contributed by atoms with Crippen molar-refractivity contribution in [2.24, 2.45) is 13.0 Å². The fourth-order valence-electron chi connectivity index (χ4n) is 2.48. The van der Waals surface area contributed by atoms with Gasteiger partial charge < -0.3 is 15.1 Å². The number of rotatable bonds is 5. The fourth-order valence-corrected chi connectivity index (χ4v) is 2.48. The van der Waals surface area contributed by atoms with Crippen LogP contribution >= 0.6 is 0 Å². The molecule has 2 N–H and O–H groups in total. The maximum absolute atomic E-state index is 12.5. The number of nitrogens with zero attached hydrogens (tertiary/aromatic N) is 5. The minimum atomic E-state index is -0.353. The monoisotopic (exact) mass is 341 g/mol. The van der Waals surface area contributed by atoms with E-state index >= 15 is 0 Å². The molecule has 0 saturated carbocycles. The molecule has 0 saturated heterocycles. The van der Waals surface area contributed by atoms with Gasteiger partial charge in [-0.15, -0.1) is 10.2 Å². The summed E-state index contributed by atoms with van der Waals surface area (Å²) in [5.74, 6) is 1.17. The van der Waals surface area contributed by atoms with E-state index in [4.69, 9.17) is 4.42 Å². The number of amides is 2. The van der Waals surface area contributed by atoms with Crippen LogP contribution in [0.25, 0.3) is 11.5 Å². The lowest BCUT2D eigenvalue weighted by atomic mass is 10.0. The van der Waals surface area contributed by atoms with Crippen LogP contribution in [0.3, 0.4) is 0 Å². The zero-order valence-corrected chi connectivity index (χ0v) is 14.2. The number of nitrogens with one attached hydrogen (secondary N) is 2. The number of anilines is 1. The van der Waals surface area contributed by atoms with Crippen molar-refractivity contribution in [1.29, 1.82) is 0 Å². The van der Waals surface area contributed by atoms with Gasteiger partial charge in [-0.25, -0.2) is 9.78 Å². The third-order valence-corrected chi connectivity index (χ3v) is 3.74. The van der Waals surface area contributed by atoms with Crippen LogP contribution < -0.4 is 10.6 Å². The van der Waals surface area contributed by atoms with Crippen LogP contribution in [-0.2, 0) is 7.05 Å². The van der Waals surface area contributed by atoms with Gasteiger partial charge in [-0.2, -0.15) is 5.10 Å². The second kappa shape index (κ2) is 7.12. The number of carbonyl (C=O) groups excluding carboxylic acids is 1. The average Bonchev–Trinajstić information content (AvgIpc) is 3.24. The normalized spacial score (nSPS) is 12.2. The van der Waals surface area contributed by atoms with Gasteiger partial charge in [0.15, 0.2) is 0 Å². The van der Waals surface area contributed by atoms with Crippen molar-refractivity contribution < 1.29 is 9.21 Å². The molecule has 1 aromatic carbocycles. The molecule has 0 aliphatic heterocycles. The van der Waals surface area contributed by atoms with Crippen LogP contribution in [-0.4, -0.2) is 31.0 Å². The molecule has 0 aliphatic rings. The lowest BCUT2D eigenvalue weighted by molar-refractivity contribution is 0.243. The van der Waals surface area contributed by atoms with E-state index < -0.39 is 0 Å². The Hall–Kier alpha value is -3.23. The third kappa shape index (κ3) is 3.65. The molecule has 0 bridgehead atoms. The summed E-state index contributed by atoms with van der Waals surface area (Å²) in [6.45, 7) is 4.01. The van der Waals surface area contributed by atoms with Crippen LogP contribution in [0.1, 0.15) is 25.7 Å². The van der Waals surface area contributed by atoms with Crippen molar-refractivity contribution in [3.05, 3.63) is 42.8 Å². The molecule has 3 rings (SSSR count). The number of aromatic nitrogens is 5. The first-order valence-corrected chi connectivity index (χ1v) is 7.83. The number of hydrogen-bond donors (Lipinski definition) is 2. The van der Waals surface area contributed by atoms with Crippen molar-refractivity contribution in [3.63, 3.8) is 0 Å². The molecule has 0 spiro atoms. The Bertz CT molecular complexity index is 842. The highest BCUT2D eigenvalue weighted by atomic mass is 16.4. The molecule has 2 aromatic heterocycles. The molecule has 2 amide bonds. The fraction of sp³-hybridized carbons (Fsp3) is 0.312. The molecule has 130 valence electrons. The second-order valence-electron chi connectivity index (χ2n) is 5.85. The molecular formula is C16H19N7O2. The van der Waals surface area contributed by atoms with Gasteiger partial charge in [0.05, 0.1) is 17.3 Å². The molecule has 25 heavy (non-hydrogen) atoms. The zero-order valence-electron chi connectivity index (χ0n) is 14.2. The molecular weight excluding hydrogens is 322 g/mol. The highest BCUT2D eigenvalue weighted by molar-refractivity contribution is 5.93. The van der Waals surface area contributed by atoms with E-state index in [0.717, 1.165) is 0 Å². The summed E-state index contributed by atoms with van der Waals surface area (Å²) >= 11 is 0. The van der Waals surface area contributed by atoms with Crippen LogP contribution in [0.5, 0.6) is 0 Å². The summed E-state index contributed by atoms with van der Waals surface area (Å²) < 4.78 is 6.87. The summed E-state index contributed by atoms with van der Waals surface area (Å²) in [5.41, 5.74) is 1.22. The Balaban J connectivity index is 1.78. The van der Waals surface area contributed by atoms with Gasteiger partial charge in [0.2, 0.25) is 12.3 Å². The number of urea groups is 1. The molecule has 3 aromatic rings. The summed E-state index contributed by atoms with van der Waals surface area (Å²) in [6, 6.07) is 6.59. The molecule has 0 aliphatic carbocycles. The van der Waals surface area contributed by atoms with Gasteiger partial charge in [0, 0.05) is 7.05 Å². The van der Waals surface area contributed by atoms with E-state index in [9.17, 15) is 4.79 Å². The van der Waals surface area contributed by atoms with Crippen molar-refractivity contribution in [3.8, 4) is 11.5 Å². The minimum absolute atomic E-state index is 0.139. The number of para-hydroxylation sites is 1. The van der Waals surface area contributed by atoms with Crippen molar-refractivity contribution >= 4 is 11.7 Å². The number of hydrogen-bond acceptors (Lipinski definition) is 6. The summed E-state index contributed by atoms with van der Waals surface area (Å²) in [6.07, 6.45) is 2.71. The third-order valence-electron chi connectivity index (χ3n) is 3.74. The highest BCUT2D eigenvalue weighted by Crippen LogP contribution is 2.26. The maximum atomic E-state index is 12.5. The van der Waals surface area contributed by atoms with Crippen LogP contribution in [0.4, 0.5) is 10.5 Å². The Morgan fingerprint density at radius 3 is 2.72 bits per heavy atom. The molecule has 9 heteroatoms. The molecule has 0 unspecified atom stereocenters. The maximum Gasteiger partial charge on any atom is 0.319 e. The molecule has 0 fully saturated rings. The smallest absolute Gasteiger partial charge is 0.319 e. The van der Waals surface area contributed by atoms with E-state index in [1.807, 2.05) is 26.0 Å².